The molecule has 2 aliphatic rings. The van der Waals surface area contributed by atoms with Gasteiger partial charge in [-0.2, -0.15) is 0 Å². The van der Waals surface area contributed by atoms with Gasteiger partial charge in [-0.1, -0.05) is 45.0 Å². The number of amides is 3. The molecule has 2 aliphatic heterocycles. The summed E-state index contributed by atoms with van der Waals surface area (Å²) in [6, 6.07) is 5.92. The molecule has 1 aromatic heterocycles. The Morgan fingerprint density at radius 2 is 1.81 bits per heavy atom. The van der Waals surface area contributed by atoms with Crippen LogP contribution in [0.3, 0.4) is 0 Å². The van der Waals surface area contributed by atoms with Crippen molar-refractivity contribution in [2.24, 2.45) is 11.3 Å². The first-order valence-electron chi connectivity index (χ1n) is 14.6. The molecule has 4 rings (SSSR count). The second kappa shape index (κ2) is 13.4. The SMILES string of the molecule is Cc1ncsc1-c1ccc([C@H](C)NC(=O)[C@@H]2C[C@@H](O)CN2C(=O)[C@@H](NC(=O)CN2CCC(C=O)CC2)C(C)(C)C)cc1. The molecule has 1 aromatic carbocycles. The van der Waals surface area contributed by atoms with E-state index in [-0.39, 0.29) is 49.2 Å². The van der Waals surface area contributed by atoms with Crippen molar-refractivity contribution in [1.82, 2.24) is 25.4 Å². The molecule has 4 atom stereocenters. The Morgan fingerprint density at radius 3 is 2.38 bits per heavy atom. The van der Waals surface area contributed by atoms with E-state index in [2.05, 4.69) is 15.6 Å². The molecule has 3 heterocycles. The van der Waals surface area contributed by atoms with Gasteiger partial charge in [-0.15, -0.1) is 11.3 Å². The van der Waals surface area contributed by atoms with Gasteiger partial charge in [-0.25, -0.2) is 4.98 Å². The van der Waals surface area contributed by atoms with E-state index in [0.717, 1.165) is 40.8 Å². The number of aliphatic hydroxyl groups excluding tert-OH is 1. The van der Waals surface area contributed by atoms with E-state index in [1.807, 2.05) is 69.3 Å². The number of nitrogens with one attached hydrogen (secondary N) is 2. The predicted octanol–water partition coefficient (Wildman–Crippen LogP) is 2.70. The molecule has 2 saturated heterocycles. The minimum Gasteiger partial charge on any atom is -0.391 e. The highest BCUT2D eigenvalue weighted by molar-refractivity contribution is 7.13. The van der Waals surface area contributed by atoms with Crippen molar-refractivity contribution < 1.29 is 24.3 Å². The van der Waals surface area contributed by atoms with Crippen molar-refractivity contribution >= 4 is 35.3 Å². The van der Waals surface area contributed by atoms with Gasteiger partial charge >= 0.3 is 0 Å². The Hall–Kier alpha value is -3.15. The molecule has 3 N–H and O–H groups in total. The Labute approximate surface area is 251 Å². The lowest BCUT2D eigenvalue weighted by Gasteiger charge is -2.36. The molecule has 2 fully saturated rings. The summed E-state index contributed by atoms with van der Waals surface area (Å²) >= 11 is 1.58. The highest BCUT2D eigenvalue weighted by Gasteiger charge is 2.44. The first-order chi connectivity index (χ1) is 19.9. The van der Waals surface area contributed by atoms with Crippen LogP contribution >= 0.6 is 11.3 Å². The number of aromatic nitrogens is 1. The lowest BCUT2D eigenvalue weighted by Crippen LogP contribution is -2.59. The third-order valence-corrected chi connectivity index (χ3v) is 9.23. The fraction of sp³-hybridized carbons (Fsp3) is 0.581. The summed E-state index contributed by atoms with van der Waals surface area (Å²) in [4.78, 5) is 60.2. The van der Waals surface area contributed by atoms with Crippen LogP contribution in [0.25, 0.3) is 10.4 Å². The van der Waals surface area contributed by atoms with Crippen molar-refractivity contribution in [3.05, 3.63) is 41.0 Å². The Morgan fingerprint density at radius 1 is 1.14 bits per heavy atom. The molecule has 3 amide bonds. The van der Waals surface area contributed by atoms with Gasteiger partial charge in [0.25, 0.3) is 0 Å². The van der Waals surface area contributed by atoms with Gasteiger partial charge in [0, 0.05) is 18.9 Å². The molecule has 0 unspecified atom stereocenters. The van der Waals surface area contributed by atoms with Crippen LogP contribution in [0, 0.1) is 18.3 Å². The van der Waals surface area contributed by atoms with Gasteiger partial charge in [0.1, 0.15) is 18.4 Å². The molecular formula is C31H43N5O5S. The molecule has 10 nitrogen and oxygen atoms in total. The van der Waals surface area contributed by atoms with Crippen LogP contribution in [0.4, 0.5) is 0 Å². The summed E-state index contributed by atoms with van der Waals surface area (Å²) in [7, 11) is 0. The molecule has 0 bridgehead atoms. The third kappa shape index (κ3) is 7.62. The monoisotopic (exact) mass is 597 g/mol. The smallest absolute Gasteiger partial charge is 0.246 e. The summed E-state index contributed by atoms with van der Waals surface area (Å²) in [6.45, 7) is 10.9. The highest BCUT2D eigenvalue weighted by Crippen LogP contribution is 2.29. The van der Waals surface area contributed by atoms with Gasteiger partial charge in [-0.05, 0) is 56.3 Å². The number of likely N-dealkylation sites (tertiary alicyclic amines) is 2. The molecule has 2 aromatic rings. The van der Waals surface area contributed by atoms with E-state index in [9.17, 15) is 24.3 Å². The quantitative estimate of drug-likeness (QED) is 0.379. The second-order valence-corrected chi connectivity index (χ2v) is 13.5. The van der Waals surface area contributed by atoms with Crippen LogP contribution in [-0.4, -0.2) is 88.3 Å². The zero-order valence-electron chi connectivity index (χ0n) is 25.1. The summed E-state index contributed by atoms with van der Waals surface area (Å²) < 4.78 is 0. The number of benzene rings is 1. The molecule has 0 radical (unpaired) electrons. The van der Waals surface area contributed by atoms with Crippen LogP contribution in [0.5, 0.6) is 0 Å². The van der Waals surface area contributed by atoms with Gasteiger partial charge in [0.15, 0.2) is 0 Å². The summed E-state index contributed by atoms with van der Waals surface area (Å²) in [6.07, 6.45) is 1.70. The minimum atomic E-state index is -0.877. The normalized spacial score (nSPS) is 21.5. The van der Waals surface area contributed by atoms with Gasteiger partial charge in [0.2, 0.25) is 17.7 Å². The third-order valence-electron chi connectivity index (χ3n) is 8.25. The van der Waals surface area contributed by atoms with Crippen molar-refractivity contribution in [2.45, 2.75) is 78.1 Å². The maximum Gasteiger partial charge on any atom is 0.246 e. The fourth-order valence-corrected chi connectivity index (χ4v) is 6.48. The summed E-state index contributed by atoms with van der Waals surface area (Å²) in [5.41, 5.74) is 4.15. The van der Waals surface area contributed by atoms with Gasteiger partial charge < -0.3 is 25.4 Å². The van der Waals surface area contributed by atoms with E-state index in [4.69, 9.17) is 0 Å². The number of hydrogen-bond acceptors (Lipinski definition) is 8. The number of nitrogens with zero attached hydrogens (tertiary/aromatic N) is 3. The van der Waals surface area contributed by atoms with E-state index in [0.29, 0.717) is 13.1 Å². The van der Waals surface area contributed by atoms with E-state index >= 15 is 0 Å². The first kappa shape index (κ1) is 31.8. The second-order valence-electron chi connectivity index (χ2n) is 12.6. The Bertz CT molecular complexity index is 1270. The zero-order valence-corrected chi connectivity index (χ0v) is 25.9. The summed E-state index contributed by atoms with van der Waals surface area (Å²) in [5, 5.41) is 16.4. The van der Waals surface area contributed by atoms with Crippen molar-refractivity contribution in [1.29, 1.82) is 0 Å². The number of carbonyl (C=O) groups excluding carboxylic acids is 4. The lowest BCUT2D eigenvalue weighted by molar-refractivity contribution is -0.144. The summed E-state index contributed by atoms with van der Waals surface area (Å²) in [5.74, 6) is -0.969. The average Bonchev–Trinajstić information content (AvgIpc) is 3.56. The predicted molar refractivity (Wildman–Crippen MR) is 162 cm³/mol. The average molecular weight is 598 g/mol. The molecule has 11 heteroatoms. The van der Waals surface area contributed by atoms with Crippen molar-refractivity contribution in [2.75, 3.05) is 26.2 Å². The van der Waals surface area contributed by atoms with Crippen molar-refractivity contribution in [3.8, 4) is 10.4 Å². The van der Waals surface area contributed by atoms with Crippen LogP contribution in [0.2, 0.25) is 0 Å². The number of aldehydes is 1. The number of aliphatic hydroxyl groups is 1. The zero-order chi connectivity index (χ0) is 30.6. The number of thiazole rings is 1. The molecule has 42 heavy (non-hydrogen) atoms. The van der Waals surface area contributed by atoms with E-state index < -0.39 is 23.6 Å². The maximum absolute atomic E-state index is 13.9. The highest BCUT2D eigenvalue weighted by atomic mass is 32.1. The topological polar surface area (TPSA) is 132 Å². The molecule has 0 spiro atoms. The number of piperidine rings is 1. The molecular weight excluding hydrogens is 554 g/mol. The fourth-order valence-electron chi connectivity index (χ4n) is 5.67. The van der Waals surface area contributed by atoms with Crippen LogP contribution in [0.15, 0.2) is 29.8 Å². The number of carbonyl (C=O) groups is 4. The largest absolute Gasteiger partial charge is 0.391 e. The standard InChI is InChI=1S/C31H43N5O5S/c1-19(22-6-8-23(9-7-22)27-20(2)32-18-42-27)33-29(40)25-14-24(38)15-36(25)30(41)28(31(3,4)5)34-26(39)16-35-12-10-21(17-37)11-13-35/h6-9,17-19,21,24-25,28,38H,10-16H2,1-5H3,(H,33,40)(H,34,39)/t19-,24+,25-,28+/m0/s1. The Balaban J connectivity index is 1.40. The van der Waals surface area contributed by atoms with Gasteiger partial charge in [0.05, 0.1) is 34.8 Å². The first-order valence-corrected chi connectivity index (χ1v) is 15.5. The number of β-amino-alcohol motifs (C(OH)–C–C–N with tert-alkyl or cyclic N) is 1. The van der Waals surface area contributed by atoms with Crippen LogP contribution < -0.4 is 10.6 Å². The van der Waals surface area contributed by atoms with Crippen LogP contribution in [0.1, 0.15) is 64.3 Å². The van der Waals surface area contributed by atoms with Crippen molar-refractivity contribution in [3.63, 3.8) is 0 Å². The lowest BCUT2D eigenvalue weighted by atomic mass is 9.85. The van der Waals surface area contributed by atoms with Crippen LogP contribution in [-0.2, 0) is 19.2 Å². The van der Waals surface area contributed by atoms with Gasteiger partial charge in [-0.3, -0.25) is 19.3 Å². The van der Waals surface area contributed by atoms with E-state index in [1.165, 1.54) is 4.90 Å². The molecule has 0 aliphatic carbocycles. The molecule has 228 valence electrons. The Kier molecular flexibility index (Phi) is 10.2. The number of aryl methyl sites for hydroxylation is 1. The number of hydrogen-bond donors (Lipinski definition) is 3. The van der Waals surface area contributed by atoms with E-state index in [1.54, 1.807) is 11.3 Å². The molecule has 0 saturated carbocycles. The number of rotatable bonds is 9. The minimum absolute atomic E-state index is 0.0237. The maximum atomic E-state index is 13.9.